The fourth-order valence-corrected chi connectivity index (χ4v) is 4.38. The first-order chi connectivity index (χ1) is 9.83. The Bertz CT molecular complexity index is 699. The summed E-state index contributed by atoms with van der Waals surface area (Å²) in [7, 11) is 0. The molecule has 0 atom stereocenters. The molecule has 1 nitrogen and oxygen atoms in total. The fraction of sp³-hybridized carbons (Fsp3) is 0. The standard InChI is InChI=1S/C17H12ClNSe/c18-13-9-10-15(16-8-4-5-11-19-16)17(12-13)20-14-6-2-1-3-7-14/h1-12H. The van der Waals surface area contributed by atoms with E-state index in [0.717, 1.165) is 10.7 Å². The van der Waals surface area contributed by atoms with Crippen molar-refractivity contribution in [3.63, 3.8) is 0 Å². The van der Waals surface area contributed by atoms with E-state index in [9.17, 15) is 0 Å². The van der Waals surface area contributed by atoms with Crippen molar-refractivity contribution >= 4 is 35.5 Å². The van der Waals surface area contributed by atoms with Crippen LogP contribution in [0.2, 0.25) is 5.02 Å². The summed E-state index contributed by atoms with van der Waals surface area (Å²) in [5, 5.41) is 0.775. The van der Waals surface area contributed by atoms with Crippen LogP contribution in [0.15, 0.2) is 72.9 Å². The molecule has 20 heavy (non-hydrogen) atoms. The van der Waals surface area contributed by atoms with E-state index in [1.165, 1.54) is 14.5 Å². The quantitative estimate of drug-likeness (QED) is 0.666. The van der Waals surface area contributed by atoms with Crippen molar-refractivity contribution in [3.8, 4) is 11.3 Å². The van der Waals surface area contributed by atoms with Crippen molar-refractivity contribution in [2.45, 2.75) is 0 Å². The molecular weight excluding hydrogens is 333 g/mol. The zero-order chi connectivity index (χ0) is 13.8. The predicted molar refractivity (Wildman–Crippen MR) is 86.1 cm³/mol. The van der Waals surface area contributed by atoms with Gasteiger partial charge >= 0.3 is 130 Å². The van der Waals surface area contributed by atoms with Crippen LogP contribution in [-0.4, -0.2) is 19.9 Å². The van der Waals surface area contributed by atoms with E-state index >= 15 is 0 Å². The number of halogens is 1. The maximum atomic E-state index is 6.16. The molecule has 0 saturated heterocycles. The van der Waals surface area contributed by atoms with Crippen LogP contribution >= 0.6 is 11.6 Å². The molecule has 0 radical (unpaired) electrons. The van der Waals surface area contributed by atoms with E-state index in [-0.39, 0.29) is 15.0 Å². The number of pyridine rings is 1. The molecule has 1 aromatic heterocycles. The molecule has 1 heterocycles. The van der Waals surface area contributed by atoms with Gasteiger partial charge in [-0.25, -0.2) is 0 Å². The molecule has 0 saturated carbocycles. The van der Waals surface area contributed by atoms with Crippen LogP contribution in [0.5, 0.6) is 0 Å². The molecule has 0 unspecified atom stereocenters. The average molecular weight is 345 g/mol. The molecule has 0 fully saturated rings. The van der Waals surface area contributed by atoms with Crippen molar-refractivity contribution in [1.29, 1.82) is 0 Å². The molecule has 0 aliphatic rings. The molecule has 0 N–H and O–H groups in total. The normalized spacial score (nSPS) is 10.4. The van der Waals surface area contributed by atoms with Gasteiger partial charge in [0.2, 0.25) is 0 Å². The molecular formula is C17H12ClNSe. The van der Waals surface area contributed by atoms with Crippen molar-refractivity contribution in [2.24, 2.45) is 0 Å². The summed E-state index contributed by atoms with van der Waals surface area (Å²) in [4.78, 5) is 4.45. The van der Waals surface area contributed by atoms with Crippen LogP contribution < -0.4 is 8.92 Å². The molecule has 3 rings (SSSR count). The van der Waals surface area contributed by atoms with Gasteiger partial charge in [-0.2, -0.15) is 0 Å². The van der Waals surface area contributed by atoms with Gasteiger partial charge in [0.1, 0.15) is 0 Å². The summed E-state index contributed by atoms with van der Waals surface area (Å²) in [5.41, 5.74) is 2.16. The molecule has 2 aromatic carbocycles. The topological polar surface area (TPSA) is 12.9 Å². The van der Waals surface area contributed by atoms with Crippen molar-refractivity contribution in [3.05, 3.63) is 77.9 Å². The van der Waals surface area contributed by atoms with Crippen molar-refractivity contribution in [2.75, 3.05) is 0 Å². The maximum absolute atomic E-state index is 6.16. The van der Waals surface area contributed by atoms with E-state index in [1.54, 1.807) is 0 Å². The molecule has 3 aromatic rings. The Balaban J connectivity index is 2.03. The summed E-state index contributed by atoms with van der Waals surface area (Å²) in [6.45, 7) is 0. The van der Waals surface area contributed by atoms with Gasteiger partial charge in [0.25, 0.3) is 0 Å². The van der Waals surface area contributed by atoms with Crippen LogP contribution in [0.1, 0.15) is 0 Å². The van der Waals surface area contributed by atoms with Crippen LogP contribution in [0.4, 0.5) is 0 Å². The van der Waals surface area contributed by atoms with Gasteiger partial charge in [-0.05, 0) is 0 Å². The Morgan fingerprint density at radius 3 is 2.40 bits per heavy atom. The Hall–Kier alpha value is -1.60. The number of nitrogens with zero attached hydrogens (tertiary/aromatic N) is 1. The molecule has 0 aliphatic heterocycles. The van der Waals surface area contributed by atoms with Gasteiger partial charge in [0.05, 0.1) is 0 Å². The predicted octanol–water partition coefficient (Wildman–Crippen LogP) is 3.06. The Morgan fingerprint density at radius 2 is 1.65 bits per heavy atom. The second-order valence-electron chi connectivity index (χ2n) is 4.27. The molecule has 0 bridgehead atoms. The Morgan fingerprint density at radius 1 is 0.850 bits per heavy atom. The number of hydrogen-bond acceptors (Lipinski definition) is 1. The van der Waals surface area contributed by atoms with Gasteiger partial charge in [-0.1, -0.05) is 0 Å². The molecule has 98 valence electrons. The average Bonchev–Trinajstić information content (AvgIpc) is 2.49. The molecule has 0 aliphatic carbocycles. The molecule has 3 heteroatoms. The van der Waals surface area contributed by atoms with E-state index in [2.05, 4.69) is 41.4 Å². The SMILES string of the molecule is Clc1ccc(-c2ccccn2)c([Se]c2ccccc2)c1. The second-order valence-corrected chi connectivity index (χ2v) is 7.05. The number of hydrogen-bond donors (Lipinski definition) is 0. The number of aromatic nitrogens is 1. The summed E-state index contributed by atoms with van der Waals surface area (Å²) in [6, 6.07) is 22.5. The third kappa shape index (κ3) is 3.10. The fourth-order valence-electron chi connectivity index (χ4n) is 1.93. The van der Waals surface area contributed by atoms with Crippen LogP contribution in [0, 0.1) is 0 Å². The number of rotatable bonds is 3. The van der Waals surface area contributed by atoms with Gasteiger partial charge in [-0.3, -0.25) is 0 Å². The van der Waals surface area contributed by atoms with E-state index in [0.29, 0.717) is 0 Å². The first-order valence-corrected chi connectivity index (χ1v) is 8.36. The van der Waals surface area contributed by atoms with E-state index in [4.69, 9.17) is 11.6 Å². The summed E-state index contributed by atoms with van der Waals surface area (Å²) >= 11 is 6.38. The summed E-state index contributed by atoms with van der Waals surface area (Å²) < 4.78 is 2.59. The van der Waals surface area contributed by atoms with Gasteiger partial charge in [0, 0.05) is 0 Å². The first kappa shape index (κ1) is 13.4. The van der Waals surface area contributed by atoms with Crippen molar-refractivity contribution < 1.29 is 0 Å². The minimum absolute atomic E-state index is 0.221. The van der Waals surface area contributed by atoms with Gasteiger partial charge in [-0.15, -0.1) is 0 Å². The van der Waals surface area contributed by atoms with Crippen LogP contribution in [-0.2, 0) is 0 Å². The number of benzene rings is 2. The Kier molecular flexibility index (Phi) is 4.17. The van der Waals surface area contributed by atoms with E-state index in [1.807, 2.05) is 36.5 Å². The molecule has 0 amide bonds. The van der Waals surface area contributed by atoms with Crippen molar-refractivity contribution in [1.82, 2.24) is 4.98 Å². The molecule has 0 spiro atoms. The van der Waals surface area contributed by atoms with E-state index < -0.39 is 0 Å². The summed E-state index contributed by atoms with van der Waals surface area (Å²) in [5.74, 6) is 0. The first-order valence-electron chi connectivity index (χ1n) is 6.27. The third-order valence-corrected chi connectivity index (χ3v) is 5.33. The minimum atomic E-state index is 0.221. The van der Waals surface area contributed by atoms with Crippen LogP contribution in [0.25, 0.3) is 11.3 Å². The Labute approximate surface area is 129 Å². The van der Waals surface area contributed by atoms with Gasteiger partial charge in [0.15, 0.2) is 0 Å². The monoisotopic (exact) mass is 345 g/mol. The third-order valence-electron chi connectivity index (χ3n) is 2.86. The summed E-state index contributed by atoms with van der Waals surface area (Å²) in [6.07, 6.45) is 1.82. The van der Waals surface area contributed by atoms with Crippen LogP contribution in [0.3, 0.4) is 0 Å². The zero-order valence-corrected chi connectivity index (χ0v) is 13.1. The zero-order valence-electron chi connectivity index (χ0n) is 10.7. The second kappa shape index (κ2) is 6.23. The van der Waals surface area contributed by atoms with Gasteiger partial charge < -0.3 is 0 Å².